The lowest BCUT2D eigenvalue weighted by atomic mass is 10.3. The molecule has 0 atom stereocenters. The Morgan fingerprint density at radius 3 is 2.79 bits per heavy atom. The van der Waals surface area contributed by atoms with Crippen LogP contribution in [0.4, 0.5) is 5.82 Å². The third kappa shape index (κ3) is 2.85. The van der Waals surface area contributed by atoms with E-state index in [4.69, 9.17) is 11.6 Å². The summed E-state index contributed by atoms with van der Waals surface area (Å²) in [5.41, 5.74) is 0. The maximum Gasteiger partial charge on any atom is 0.143 e. The fraction of sp³-hybridized carbons (Fsp3) is 0.500. The summed E-state index contributed by atoms with van der Waals surface area (Å²) in [7, 11) is 0. The molecule has 0 spiro atoms. The van der Waals surface area contributed by atoms with Crippen molar-refractivity contribution in [1.29, 1.82) is 0 Å². The van der Waals surface area contributed by atoms with Gasteiger partial charge < -0.3 is 4.90 Å². The van der Waals surface area contributed by atoms with Crippen LogP contribution in [0.5, 0.6) is 0 Å². The van der Waals surface area contributed by atoms with E-state index in [1.54, 1.807) is 6.20 Å². The summed E-state index contributed by atoms with van der Waals surface area (Å²) >= 11 is 9.25. The van der Waals surface area contributed by atoms with Crippen LogP contribution < -0.4 is 4.90 Å². The van der Waals surface area contributed by atoms with Crippen LogP contribution in [0.15, 0.2) is 22.8 Å². The third-order valence-electron chi connectivity index (χ3n) is 1.96. The average Bonchev–Trinajstić information content (AvgIpc) is 2.15. The minimum Gasteiger partial charge on any atom is -0.352 e. The SMILES string of the molecule is CC(C)N(CCCl)c1ncccc1Br. The van der Waals surface area contributed by atoms with E-state index in [-0.39, 0.29) is 0 Å². The standard InChI is InChI=1S/C10H14BrClN2/c1-8(2)14(7-5-12)10-9(11)4-3-6-13-10/h3-4,6,8H,5,7H2,1-2H3. The largest absolute Gasteiger partial charge is 0.352 e. The topological polar surface area (TPSA) is 16.1 Å². The third-order valence-corrected chi connectivity index (χ3v) is 2.75. The van der Waals surface area contributed by atoms with Gasteiger partial charge in [0.25, 0.3) is 0 Å². The second-order valence-corrected chi connectivity index (χ2v) is 4.52. The molecule has 1 aromatic rings. The van der Waals surface area contributed by atoms with E-state index in [0.717, 1.165) is 16.8 Å². The number of rotatable bonds is 4. The molecule has 1 heterocycles. The van der Waals surface area contributed by atoms with Crippen LogP contribution in [-0.2, 0) is 0 Å². The first kappa shape index (κ1) is 11.8. The van der Waals surface area contributed by atoms with E-state index in [1.165, 1.54) is 0 Å². The molecule has 0 fully saturated rings. The number of halogens is 2. The number of aromatic nitrogens is 1. The minimum absolute atomic E-state index is 0.403. The van der Waals surface area contributed by atoms with Gasteiger partial charge >= 0.3 is 0 Å². The zero-order chi connectivity index (χ0) is 10.6. The molecule has 0 saturated carbocycles. The fourth-order valence-electron chi connectivity index (χ4n) is 1.29. The van der Waals surface area contributed by atoms with Gasteiger partial charge in [-0.25, -0.2) is 4.98 Å². The summed E-state index contributed by atoms with van der Waals surface area (Å²) in [5.74, 6) is 1.57. The van der Waals surface area contributed by atoms with E-state index >= 15 is 0 Å². The molecule has 4 heteroatoms. The lowest BCUT2D eigenvalue weighted by Crippen LogP contribution is -2.33. The first-order valence-corrected chi connectivity index (χ1v) is 5.92. The Labute approximate surface area is 98.4 Å². The molecule has 0 N–H and O–H groups in total. The molecule has 0 aliphatic heterocycles. The zero-order valence-electron chi connectivity index (χ0n) is 8.37. The zero-order valence-corrected chi connectivity index (χ0v) is 10.7. The lowest BCUT2D eigenvalue weighted by molar-refractivity contribution is 0.694. The van der Waals surface area contributed by atoms with Crippen LogP contribution in [-0.4, -0.2) is 23.5 Å². The van der Waals surface area contributed by atoms with Gasteiger partial charge in [-0.3, -0.25) is 0 Å². The Bertz CT molecular complexity index is 291. The molecular weight excluding hydrogens is 263 g/mol. The molecule has 78 valence electrons. The molecule has 2 nitrogen and oxygen atoms in total. The molecule has 0 aliphatic rings. The van der Waals surface area contributed by atoms with E-state index in [1.807, 2.05) is 12.1 Å². The summed E-state index contributed by atoms with van der Waals surface area (Å²) < 4.78 is 1.01. The summed E-state index contributed by atoms with van der Waals surface area (Å²) in [6.07, 6.45) is 1.80. The van der Waals surface area contributed by atoms with Gasteiger partial charge in [-0.05, 0) is 41.9 Å². The molecule has 14 heavy (non-hydrogen) atoms. The highest BCUT2D eigenvalue weighted by Gasteiger charge is 2.13. The fourth-order valence-corrected chi connectivity index (χ4v) is 1.95. The highest BCUT2D eigenvalue weighted by Crippen LogP contribution is 2.24. The monoisotopic (exact) mass is 276 g/mol. The Morgan fingerprint density at radius 1 is 1.57 bits per heavy atom. The van der Waals surface area contributed by atoms with Crippen molar-refractivity contribution >= 4 is 33.3 Å². The smallest absolute Gasteiger partial charge is 0.143 e. The lowest BCUT2D eigenvalue weighted by Gasteiger charge is -2.27. The Kier molecular flexibility index (Phi) is 4.69. The summed E-state index contributed by atoms with van der Waals surface area (Å²) in [4.78, 5) is 6.52. The quantitative estimate of drug-likeness (QED) is 0.785. The van der Waals surface area contributed by atoms with Gasteiger partial charge in [0.2, 0.25) is 0 Å². The van der Waals surface area contributed by atoms with Crippen LogP contribution in [0.2, 0.25) is 0 Å². The van der Waals surface area contributed by atoms with Crippen molar-refractivity contribution in [2.24, 2.45) is 0 Å². The van der Waals surface area contributed by atoms with Gasteiger partial charge in [-0.1, -0.05) is 0 Å². The second-order valence-electron chi connectivity index (χ2n) is 3.28. The number of pyridine rings is 1. The molecule has 0 unspecified atom stereocenters. The maximum absolute atomic E-state index is 5.76. The summed E-state index contributed by atoms with van der Waals surface area (Å²) in [6.45, 7) is 5.08. The molecule has 0 bridgehead atoms. The van der Waals surface area contributed by atoms with Crippen molar-refractivity contribution in [3.05, 3.63) is 22.8 Å². The minimum atomic E-state index is 0.403. The van der Waals surface area contributed by atoms with Crippen molar-refractivity contribution < 1.29 is 0 Å². The normalized spacial score (nSPS) is 10.6. The highest BCUT2D eigenvalue weighted by atomic mass is 79.9. The Hall–Kier alpha value is -0.280. The number of hydrogen-bond donors (Lipinski definition) is 0. The Morgan fingerprint density at radius 2 is 2.29 bits per heavy atom. The number of alkyl halides is 1. The van der Waals surface area contributed by atoms with Crippen molar-refractivity contribution in [3.8, 4) is 0 Å². The van der Waals surface area contributed by atoms with Gasteiger partial charge in [0.15, 0.2) is 0 Å². The second kappa shape index (κ2) is 5.56. The van der Waals surface area contributed by atoms with E-state index in [0.29, 0.717) is 11.9 Å². The molecule has 1 rings (SSSR count). The van der Waals surface area contributed by atoms with Gasteiger partial charge in [-0.2, -0.15) is 0 Å². The summed E-state index contributed by atoms with van der Waals surface area (Å²) in [6, 6.07) is 4.30. The predicted octanol–water partition coefficient (Wildman–Crippen LogP) is 3.30. The number of hydrogen-bond acceptors (Lipinski definition) is 2. The van der Waals surface area contributed by atoms with Crippen LogP contribution >= 0.6 is 27.5 Å². The molecule has 0 aromatic carbocycles. The molecule has 0 amide bonds. The van der Waals surface area contributed by atoms with Crippen molar-refractivity contribution in [1.82, 2.24) is 4.98 Å². The van der Waals surface area contributed by atoms with Crippen molar-refractivity contribution in [2.45, 2.75) is 19.9 Å². The van der Waals surface area contributed by atoms with Gasteiger partial charge in [-0.15, -0.1) is 11.6 Å². The van der Waals surface area contributed by atoms with Crippen LogP contribution in [0, 0.1) is 0 Å². The Balaban J connectivity index is 2.93. The summed E-state index contributed by atoms with van der Waals surface area (Å²) in [5, 5.41) is 0. The first-order chi connectivity index (χ1) is 6.66. The first-order valence-electron chi connectivity index (χ1n) is 4.60. The average molecular weight is 278 g/mol. The molecular formula is C10H14BrClN2. The highest BCUT2D eigenvalue weighted by molar-refractivity contribution is 9.10. The maximum atomic E-state index is 5.76. The van der Waals surface area contributed by atoms with Crippen LogP contribution in [0.25, 0.3) is 0 Å². The van der Waals surface area contributed by atoms with Crippen molar-refractivity contribution in [2.75, 3.05) is 17.3 Å². The van der Waals surface area contributed by atoms with Crippen LogP contribution in [0.1, 0.15) is 13.8 Å². The van der Waals surface area contributed by atoms with E-state index in [2.05, 4.69) is 39.7 Å². The van der Waals surface area contributed by atoms with Gasteiger partial charge in [0.05, 0.1) is 4.47 Å². The number of nitrogens with zero attached hydrogens (tertiary/aromatic N) is 2. The molecule has 0 radical (unpaired) electrons. The van der Waals surface area contributed by atoms with Gasteiger partial charge in [0, 0.05) is 24.7 Å². The molecule has 0 saturated heterocycles. The number of anilines is 1. The molecule has 1 aromatic heterocycles. The van der Waals surface area contributed by atoms with Gasteiger partial charge in [0.1, 0.15) is 5.82 Å². The molecule has 0 aliphatic carbocycles. The van der Waals surface area contributed by atoms with Crippen molar-refractivity contribution in [3.63, 3.8) is 0 Å². The van der Waals surface area contributed by atoms with E-state index < -0.39 is 0 Å². The predicted molar refractivity (Wildman–Crippen MR) is 65.1 cm³/mol. The van der Waals surface area contributed by atoms with E-state index in [9.17, 15) is 0 Å². The van der Waals surface area contributed by atoms with Crippen LogP contribution in [0.3, 0.4) is 0 Å².